The minimum absolute atomic E-state index is 0.0879. The third-order valence-corrected chi connectivity index (χ3v) is 5.97. The van der Waals surface area contributed by atoms with Crippen LogP contribution in [0.5, 0.6) is 0 Å². The summed E-state index contributed by atoms with van der Waals surface area (Å²) in [6.45, 7) is -0.0879. The van der Waals surface area contributed by atoms with Crippen LogP contribution in [0, 0.1) is 0 Å². The minimum Gasteiger partial charge on any atom is -0.469 e. The molecule has 3 heterocycles. The molecule has 1 N–H and O–H groups in total. The van der Waals surface area contributed by atoms with Crippen molar-refractivity contribution in [3.8, 4) is 0 Å². The number of esters is 1. The molecule has 1 saturated carbocycles. The molecule has 0 radical (unpaired) electrons. The molecule has 0 aromatic rings. The van der Waals surface area contributed by atoms with Crippen LogP contribution in [0.15, 0.2) is 0 Å². The van der Waals surface area contributed by atoms with Crippen LogP contribution in [0.4, 0.5) is 0 Å². The van der Waals surface area contributed by atoms with Gasteiger partial charge in [-0.25, -0.2) is 0 Å². The summed E-state index contributed by atoms with van der Waals surface area (Å²) in [5, 5.41) is 9.76. The molecule has 4 aliphatic rings. The van der Waals surface area contributed by atoms with E-state index in [-0.39, 0.29) is 55.6 Å². The molecule has 6 atom stereocenters. The van der Waals surface area contributed by atoms with Gasteiger partial charge in [0.25, 0.3) is 0 Å². The molecule has 0 bridgehead atoms. The second kappa shape index (κ2) is 7.12. The van der Waals surface area contributed by atoms with E-state index < -0.39 is 5.79 Å². The first-order valence-electron chi connectivity index (χ1n) is 9.48. The molecule has 0 amide bonds. The molecule has 25 heavy (non-hydrogen) atoms. The summed E-state index contributed by atoms with van der Waals surface area (Å²) in [4.78, 5) is 11.6. The highest BCUT2D eigenvalue weighted by molar-refractivity contribution is 5.69. The highest BCUT2D eigenvalue weighted by Crippen LogP contribution is 2.47. The molecular formula is C18H28O7. The standard InChI is InChI=1S/C18H28O7/c1-21-14(20)9-11-5-6-12-15(22-11)17-16(13(10-19)23-12)24-18(25-17)7-3-2-4-8-18/h11-13,15-17,19H,2-10H2,1H3/t11-,12+,13+,15?,16-,17+/m1/s1. The van der Waals surface area contributed by atoms with Gasteiger partial charge in [0.2, 0.25) is 0 Å². The fourth-order valence-corrected chi connectivity index (χ4v) is 4.72. The SMILES string of the molecule is COC(=O)C[C@H]1CC[C@@H]2O[C@@H](CO)[C@H]3OC4(CCCCC4)O[C@H]3C2O1. The quantitative estimate of drug-likeness (QED) is 0.763. The number of methoxy groups -OCH3 is 1. The fraction of sp³-hybridized carbons (Fsp3) is 0.944. The Kier molecular flexibility index (Phi) is 5.03. The Hall–Kier alpha value is -0.730. The lowest BCUT2D eigenvalue weighted by molar-refractivity contribution is -0.244. The fourth-order valence-electron chi connectivity index (χ4n) is 4.72. The number of hydrogen-bond donors (Lipinski definition) is 1. The van der Waals surface area contributed by atoms with Crippen molar-refractivity contribution in [2.75, 3.05) is 13.7 Å². The van der Waals surface area contributed by atoms with E-state index in [1.165, 1.54) is 13.5 Å². The van der Waals surface area contributed by atoms with E-state index in [1.807, 2.05) is 0 Å². The molecule has 142 valence electrons. The first-order chi connectivity index (χ1) is 12.1. The van der Waals surface area contributed by atoms with Gasteiger partial charge in [-0.15, -0.1) is 0 Å². The van der Waals surface area contributed by atoms with E-state index in [4.69, 9.17) is 23.7 Å². The Bertz CT molecular complexity index is 490. The van der Waals surface area contributed by atoms with E-state index >= 15 is 0 Å². The van der Waals surface area contributed by atoms with E-state index in [1.54, 1.807) is 0 Å². The monoisotopic (exact) mass is 356 g/mol. The summed E-state index contributed by atoms with van der Waals surface area (Å²) >= 11 is 0. The smallest absolute Gasteiger partial charge is 0.308 e. The lowest BCUT2D eigenvalue weighted by atomic mass is 9.89. The third-order valence-electron chi connectivity index (χ3n) is 5.97. The third kappa shape index (κ3) is 3.32. The lowest BCUT2D eigenvalue weighted by Gasteiger charge is -2.46. The molecule has 1 unspecified atom stereocenters. The van der Waals surface area contributed by atoms with E-state index in [9.17, 15) is 9.90 Å². The molecule has 1 spiro atoms. The van der Waals surface area contributed by atoms with Gasteiger partial charge in [0.15, 0.2) is 5.79 Å². The van der Waals surface area contributed by atoms with Crippen molar-refractivity contribution in [1.29, 1.82) is 0 Å². The van der Waals surface area contributed by atoms with Gasteiger partial charge in [0, 0.05) is 12.8 Å². The Morgan fingerprint density at radius 2 is 1.84 bits per heavy atom. The summed E-state index contributed by atoms with van der Waals surface area (Å²) < 4.78 is 29.7. The maximum Gasteiger partial charge on any atom is 0.308 e. The predicted molar refractivity (Wildman–Crippen MR) is 85.8 cm³/mol. The molecule has 0 aromatic heterocycles. The topological polar surface area (TPSA) is 83.5 Å². The van der Waals surface area contributed by atoms with Gasteiger partial charge in [0.05, 0.1) is 32.3 Å². The summed E-state index contributed by atoms with van der Waals surface area (Å²) in [5.74, 6) is -0.824. The maximum atomic E-state index is 11.6. The number of hydrogen-bond acceptors (Lipinski definition) is 7. The first-order valence-corrected chi connectivity index (χ1v) is 9.48. The van der Waals surface area contributed by atoms with Crippen LogP contribution in [0.2, 0.25) is 0 Å². The van der Waals surface area contributed by atoms with Crippen molar-refractivity contribution in [3.05, 3.63) is 0 Å². The predicted octanol–water partition coefficient (Wildman–Crippen LogP) is 1.30. The number of rotatable bonds is 3. The van der Waals surface area contributed by atoms with Gasteiger partial charge >= 0.3 is 5.97 Å². The Morgan fingerprint density at radius 1 is 1.08 bits per heavy atom. The number of fused-ring (bicyclic) bond motifs is 3. The van der Waals surface area contributed by atoms with E-state index in [0.717, 1.165) is 38.5 Å². The van der Waals surface area contributed by atoms with Crippen LogP contribution in [0.1, 0.15) is 51.4 Å². The summed E-state index contributed by atoms with van der Waals surface area (Å²) in [5.41, 5.74) is 0. The second-order valence-electron chi connectivity index (χ2n) is 7.61. The minimum atomic E-state index is -0.558. The maximum absolute atomic E-state index is 11.6. The Balaban J connectivity index is 1.50. The largest absolute Gasteiger partial charge is 0.469 e. The lowest BCUT2D eigenvalue weighted by Crippen LogP contribution is -2.60. The molecule has 4 fully saturated rings. The summed E-state index contributed by atoms with van der Waals surface area (Å²) in [6.07, 6.45) is 5.35. The molecule has 0 aromatic carbocycles. The van der Waals surface area contributed by atoms with Gasteiger partial charge in [-0.2, -0.15) is 0 Å². The Labute approximate surface area is 147 Å². The van der Waals surface area contributed by atoms with Gasteiger partial charge in [-0.1, -0.05) is 6.42 Å². The zero-order valence-corrected chi connectivity index (χ0v) is 14.7. The van der Waals surface area contributed by atoms with Crippen LogP contribution in [0.25, 0.3) is 0 Å². The van der Waals surface area contributed by atoms with Crippen molar-refractivity contribution in [3.63, 3.8) is 0 Å². The normalized spacial score (nSPS) is 42.6. The van der Waals surface area contributed by atoms with E-state index in [2.05, 4.69) is 0 Å². The highest BCUT2D eigenvalue weighted by Gasteiger charge is 2.59. The van der Waals surface area contributed by atoms with Crippen LogP contribution in [0.3, 0.4) is 0 Å². The van der Waals surface area contributed by atoms with Crippen LogP contribution >= 0.6 is 0 Å². The molecule has 1 aliphatic carbocycles. The average molecular weight is 356 g/mol. The van der Waals surface area contributed by atoms with Gasteiger partial charge < -0.3 is 28.8 Å². The zero-order chi connectivity index (χ0) is 17.4. The molecule has 4 rings (SSSR count). The first kappa shape index (κ1) is 17.7. The van der Waals surface area contributed by atoms with Crippen LogP contribution < -0.4 is 0 Å². The van der Waals surface area contributed by atoms with Crippen molar-refractivity contribution < 1.29 is 33.6 Å². The average Bonchev–Trinajstić information content (AvgIpc) is 3.00. The van der Waals surface area contributed by atoms with Crippen molar-refractivity contribution >= 4 is 5.97 Å². The summed E-state index contributed by atoms with van der Waals surface area (Å²) in [7, 11) is 1.39. The molecule has 7 nitrogen and oxygen atoms in total. The number of ether oxygens (including phenoxy) is 5. The highest BCUT2D eigenvalue weighted by atomic mass is 16.8. The van der Waals surface area contributed by atoms with Crippen molar-refractivity contribution in [2.45, 2.75) is 93.8 Å². The van der Waals surface area contributed by atoms with Gasteiger partial charge in [-0.3, -0.25) is 4.79 Å². The van der Waals surface area contributed by atoms with Gasteiger partial charge in [0.1, 0.15) is 24.4 Å². The van der Waals surface area contributed by atoms with Crippen LogP contribution in [-0.4, -0.2) is 67.2 Å². The second-order valence-corrected chi connectivity index (χ2v) is 7.61. The number of aliphatic hydroxyl groups is 1. The molecule has 3 saturated heterocycles. The van der Waals surface area contributed by atoms with Gasteiger partial charge in [-0.05, 0) is 25.7 Å². The van der Waals surface area contributed by atoms with Crippen LogP contribution in [-0.2, 0) is 28.5 Å². The molecular weight excluding hydrogens is 328 g/mol. The van der Waals surface area contributed by atoms with Crippen molar-refractivity contribution in [2.24, 2.45) is 0 Å². The number of carbonyl (C=O) groups is 1. The number of carbonyl (C=O) groups excluding carboxylic acids is 1. The van der Waals surface area contributed by atoms with Crippen molar-refractivity contribution in [1.82, 2.24) is 0 Å². The number of aliphatic hydroxyl groups excluding tert-OH is 1. The van der Waals surface area contributed by atoms with E-state index in [0.29, 0.717) is 0 Å². The summed E-state index contributed by atoms with van der Waals surface area (Å²) in [6, 6.07) is 0. The molecule has 3 aliphatic heterocycles. The Morgan fingerprint density at radius 3 is 2.56 bits per heavy atom. The molecule has 7 heteroatoms. The zero-order valence-electron chi connectivity index (χ0n) is 14.7.